The fraction of sp³-hybridized carbons (Fsp3) is 0.538. The van der Waals surface area contributed by atoms with E-state index in [1.807, 2.05) is 19.1 Å². The van der Waals surface area contributed by atoms with Crippen LogP contribution in [0.1, 0.15) is 12.6 Å². The standard InChI is InChI=1S/C13H18N2O2/c1-9-7-15(8-12(9)13(16)17-3)11-4-5-14-10(2)6-11/h4-6,9,12H,7-8H2,1-3H3. The number of aromatic nitrogens is 1. The quantitative estimate of drug-likeness (QED) is 0.729. The maximum absolute atomic E-state index is 11.6. The molecule has 92 valence electrons. The molecule has 1 saturated heterocycles. The number of methoxy groups -OCH3 is 1. The Balaban J connectivity index is 2.13. The zero-order valence-electron chi connectivity index (χ0n) is 10.5. The number of carbonyl (C=O) groups excluding carboxylic acids is 1. The van der Waals surface area contributed by atoms with Gasteiger partial charge in [-0.05, 0) is 25.0 Å². The first-order valence-corrected chi connectivity index (χ1v) is 5.87. The summed E-state index contributed by atoms with van der Waals surface area (Å²) in [6.45, 7) is 5.69. The third-order valence-corrected chi connectivity index (χ3v) is 3.36. The maximum atomic E-state index is 11.6. The smallest absolute Gasteiger partial charge is 0.310 e. The van der Waals surface area contributed by atoms with Gasteiger partial charge in [0.05, 0.1) is 13.0 Å². The van der Waals surface area contributed by atoms with Gasteiger partial charge in [0.25, 0.3) is 0 Å². The highest BCUT2D eigenvalue weighted by Crippen LogP contribution is 2.28. The van der Waals surface area contributed by atoms with Gasteiger partial charge in [-0.2, -0.15) is 0 Å². The summed E-state index contributed by atoms with van der Waals surface area (Å²) < 4.78 is 4.83. The first-order chi connectivity index (χ1) is 8.11. The molecule has 0 saturated carbocycles. The number of ether oxygens (including phenoxy) is 1. The van der Waals surface area contributed by atoms with E-state index in [-0.39, 0.29) is 11.9 Å². The zero-order chi connectivity index (χ0) is 12.4. The van der Waals surface area contributed by atoms with Crippen LogP contribution < -0.4 is 4.90 Å². The van der Waals surface area contributed by atoms with E-state index in [2.05, 4.69) is 16.8 Å². The molecule has 1 aromatic rings. The molecule has 0 spiro atoms. The topological polar surface area (TPSA) is 42.4 Å². The number of anilines is 1. The Morgan fingerprint density at radius 1 is 1.53 bits per heavy atom. The average molecular weight is 234 g/mol. The van der Waals surface area contributed by atoms with Crippen LogP contribution in [0.15, 0.2) is 18.3 Å². The molecule has 0 bridgehead atoms. The lowest BCUT2D eigenvalue weighted by molar-refractivity contribution is -0.145. The second-order valence-corrected chi connectivity index (χ2v) is 4.67. The highest BCUT2D eigenvalue weighted by atomic mass is 16.5. The van der Waals surface area contributed by atoms with Crippen molar-refractivity contribution in [2.45, 2.75) is 13.8 Å². The summed E-state index contributed by atoms with van der Waals surface area (Å²) in [5.74, 6) is 0.204. The van der Waals surface area contributed by atoms with Crippen molar-refractivity contribution in [2.24, 2.45) is 11.8 Å². The van der Waals surface area contributed by atoms with E-state index in [4.69, 9.17) is 4.74 Å². The van der Waals surface area contributed by atoms with Crippen molar-refractivity contribution < 1.29 is 9.53 Å². The molecule has 1 aromatic heterocycles. The van der Waals surface area contributed by atoms with E-state index in [1.54, 1.807) is 6.20 Å². The number of carbonyl (C=O) groups is 1. The molecular formula is C13H18N2O2. The Labute approximate surface area is 102 Å². The molecule has 2 unspecified atom stereocenters. The Hall–Kier alpha value is -1.58. The highest BCUT2D eigenvalue weighted by Gasteiger charge is 2.35. The van der Waals surface area contributed by atoms with E-state index in [0.717, 1.165) is 24.5 Å². The van der Waals surface area contributed by atoms with Crippen molar-refractivity contribution in [3.63, 3.8) is 0 Å². The third kappa shape index (κ3) is 2.40. The molecule has 0 aliphatic carbocycles. The minimum Gasteiger partial charge on any atom is -0.469 e. The van der Waals surface area contributed by atoms with E-state index in [9.17, 15) is 4.79 Å². The SMILES string of the molecule is COC(=O)C1CN(c2ccnc(C)c2)CC1C. The zero-order valence-corrected chi connectivity index (χ0v) is 10.5. The van der Waals surface area contributed by atoms with Crippen molar-refractivity contribution in [3.8, 4) is 0 Å². The number of hydrogen-bond donors (Lipinski definition) is 0. The molecule has 0 aromatic carbocycles. The molecule has 2 rings (SSSR count). The molecule has 4 nitrogen and oxygen atoms in total. The lowest BCUT2D eigenvalue weighted by Crippen LogP contribution is -2.24. The van der Waals surface area contributed by atoms with E-state index >= 15 is 0 Å². The van der Waals surface area contributed by atoms with Gasteiger partial charge in [0.2, 0.25) is 0 Å². The fourth-order valence-corrected chi connectivity index (χ4v) is 2.36. The van der Waals surface area contributed by atoms with Gasteiger partial charge in [-0.3, -0.25) is 9.78 Å². The molecule has 0 amide bonds. The molecule has 17 heavy (non-hydrogen) atoms. The van der Waals surface area contributed by atoms with Crippen LogP contribution in [0.4, 0.5) is 5.69 Å². The summed E-state index contributed by atoms with van der Waals surface area (Å²) in [5.41, 5.74) is 2.13. The van der Waals surface area contributed by atoms with Crippen LogP contribution >= 0.6 is 0 Å². The second-order valence-electron chi connectivity index (χ2n) is 4.67. The molecule has 0 N–H and O–H groups in total. The Bertz CT molecular complexity index is 420. The largest absolute Gasteiger partial charge is 0.469 e. The third-order valence-electron chi connectivity index (χ3n) is 3.36. The number of esters is 1. The Kier molecular flexibility index (Phi) is 3.31. The van der Waals surface area contributed by atoms with Crippen molar-refractivity contribution in [2.75, 3.05) is 25.1 Å². The van der Waals surface area contributed by atoms with Gasteiger partial charge in [-0.15, -0.1) is 0 Å². The molecule has 2 atom stereocenters. The minimum absolute atomic E-state index is 0.0199. The van der Waals surface area contributed by atoms with Crippen LogP contribution in [0, 0.1) is 18.8 Å². The number of nitrogens with zero attached hydrogens (tertiary/aromatic N) is 2. The summed E-state index contributed by atoms with van der Waals surface area (Å²) in [5, 5.41) is 0. The number of rotatable bonds is 2. The van der Waals surface area contributed by atoms with Crippen molar-refractivity contribution in [3.05, 3.63) is 24.0 Å². The van der Waals surface area contributed by atoms with Crippen LogP contribution in [0.5, 0.6) is 0 Å². The average Bonchev–Trinajstić information content (AvgIpc) is 2.70. The summed E-state index contributed by atoms with van der Waals surface area (Å²) in [4.78, 5) is 18.0. The van der Waals surface area contributed by atoms with Gasteiger partial charge in [0, 0.05) is 30.7 Å². The van der Waals surface area contributed by atoms with Gasteiger partial charge in [-0.1, -0.05) is 6.92 Å². The predicted octanol–water partition coefficient (Wildman–Crippen LogP) is 1.64. The Morgan fingerprint density at radius 3 is 2.94 bits per heavy atom. The number of pyridine rings is 1. The summed E-state index contributed by atoms with van der Waals surface area (Å²) in [6.07, 6.45) is 1.81. The monoisotopic (exact) mass is 234 g/mol. The molecule has 1 fully saturated rings. The first-order valence-electron chi connectivity index (χ1n) is 5.87. The summed E-state index contributed by atoms with van der Waals surface area (Å²) >= 11 is 0. The van der Waals surface area contributed by atoms with Crippen LogP contribution in [-0.2, 0) is 9.53 Å². The van der Waals surface area contributed by atoms with Crippen molar-refractivity contribution in [1.82, 2.24) is 4.98 Å². The van der Waals surface area contributed by atoms with E-state index < -0.39 is 0 Å². The highest BCUT2D eigenvalue weighted by molar-refractivity contribution is 5.74. The van der Waals surface area contributed by atoms with Gasteiger partial charge in [-0.25, -0.2) is 0 Å². The minimum atomic E-state index is -0.106. The van der Waals surface area contributed by atoms with Crippen molar-refractivity contribution >= 4 is 11.7 Å². The molecule has 2 heterocycles. The van der Waals surface area contributed by atoms with Crippen LogP contribution in [0.25, 0.3) is 0 Å². The van der Waals surface area contributed by atoms with Gasteiger partial charge >= 0.3 is 5.97 Å². The number of aryl methyl sites for hydroxylation is 1. The van der Waals surface area contributed by atoms with Gasteiger partial charge in [0.15, 0.2) is 0 Å². The molecular weight excluding hydrogens is 216 g/mol. The first kappa shape index (κ1) is 11.9. The normalized spacial score (nSPS) is 23.8. The van der Waals surface area contributed by atoms with Gasteiger partial charge < -0.3 is 9.64 Å². The van der Waals surface area contributed by atoms with Crippen LogP contribution in [-0.4, -0.2) is 31.2 Å². The predicted molar refractivity (Wildman–Crippen MR) is 65.9 cm³/mol. The fourth-order valence-electron chi connectivity index (χ4n) is 2.36. The van der Waals surface area contributed by atoms with E-state index in [1.165, 1.54) is 7.11 Å². The Morgan fingerprint density at radius 2 is 2.29 bits per heavy atom. The van der Waals surface area contributed by atoms with Gasteiger partial charge in [0.1, 0.15) is 0 Å². The summed E-state index contributed by atoms with van der Waals surface area (Å²) in [7, 11) is 1.45. The number of hydrogen-bond acceptors (Lipinski definition) is 4. The summed E-state index contributed by atoms with van der Waals surface area (Å²) in [6, 6.07) is 4.03. The molecule has 1 aliphatic rings. The van der Waals surface area contributed by atoms with E-state index in [0.29, 0.717) is 5.92 Å². The van der Waals surface area contributed by atoms with Crippen molar-refractivity contribution in [1.29, 1.82) is 0 Å². The molecule has 1 aliphatic heterocycles. The van der Waals surface area contributed by atoms with Crippen LogP contribution in [0.2, 0.25) is 0 Å². The lowest BCUT2D eigenvalue weighted by atomic mass is 9.99. The lowest BCUT2D eigenvalue weighted by Gasteiger charge is -2.18. The molecule has 4 heteroatoms. The second kappa shape index (κ2) is 4.73. The molecule has 0 radical (unpaired) electrons. The maximum Gasteiger partial charge on any atom is 0.310 e. The van der Waals surface area contributed by atoms with Crippen LogP contribution in [0.3, 0.4) is 0 Å².